The van der Waals surface area contributed by atoms with Crippen molar-refractivity contribution in [1.82, 2.24) is 20.1 Å². The van der Waals surface area contributed by atoms with Crippen LogP contribution in [0.3, 0.4) is 0 Å². The monoisotopic (exact) mass is 464 g/mol. The third kappa shape index (κ3) is 5.51. The van der Waals surface area contributed by atoms with Gasteiger partial charge in [0.1, 0.15) is 5.82 Å². The summed E-state index contributed by atoms with van der Waals surface area (Å²) in [5.41, 5.74) is 2.51. The average molecular weight is 464 g/mol. The number of carbonyl (C=O) groups excluding carboxylic acids is 1. The summed E-state index contributed by atoms with van der Waals surface area (Å²) < 4.78 is 40.5. The number of aromatic nitrogens is 3. The number of hydrogen-bond acceptors (Lipinski definition) is 3. The van der Waals surface area contributed by atoms with Gasteiger partial charge in [-0.05, 0) is 48.2 Å². The minimum atomic E-state index is -4.44. The smallest absolute Gasteiger partial charge is 0.345 e. The topological polar surface area (TPSA) is 59.8 Å². The van der Waals surface area contributed by atoms with Gasteiger partial charge in [0, 0.05) is 13.0 Å². The van der Waals surface area contributed by atoms with Crippen molar-refractivity contribution in [3.63, 3.8) is 0 Å². The maximum Gasteiger partial charge on any atom is 0.416 e. The van der Waals surface area contributed by atoms with E-state index in [0.29, 0.717) is 17.8 Å². The van der Waals surface area contributed by atoms with E-state index in [0.717, 1.165) is 35.4 Å². The minimum absolute atomic E-state index is 0.0294. The predicted molar refractivity (Wildman–Crippen MR) is 123 cm³/mol. The zero-order valence-corrected chi connectivity index (χ0v) is 18.5. The highest BCUT2D eigenvalue weighted by Gasteiger charge is 2.30. The molecule has 1 heterocycles. The summed E-state index contributed by atoms with van der Waals surface area (Å²) in [5.74, 6) is 0.0476. The summed E-state index contributed by atoms with van der Waals surface area (Å²) in [6, 6.07) is 22.5. The van der Waals surface area contributed by atoms with Crippen LogP contribution in [0.1, 0.15) is 38.7 Å². The van der Waals surface area contributed by atoms with E-state index >= 15 is 0 Å². The highest BCUT2D eigenvalue weighted by atomic mass is 19.4. The van der Waals surface area contributed by atoms with Crippen molar-refractivity contribution in [2.24, 2.45) is 0 Å². The normalized spacial score (nSPS) is 11.4. The summed E-state index contributed by atoms with van der Waals surface area (Å²) in [5, 5.41) is 7.07. The van der Waals surface area contributed by atoms with E-state index in [2.05, 4.69) is 15.4 Å². The van der Waals surface area contributed by atoms with Crippen LogP contribution in [0.4, 0.5) is 13.2 Å². The maximum absolute atomic E-state index is 13.0. The SMILES string of the molecule is Cc1ccccc1-n1nc(C(=O)NCc2cccc(C(F)(F)F)c2)nc1CCc1ccccc1. The summed E-state index contributed by atoms with van der Waals surface area (Å²) in [7, 11) is 0. The molecule has 5 nitrogen and oxygen atoms in total. The van der Waals surface area contributed by atoms with Gasteiger partial charge in [-0.15, -0.1) is 5.10 Å². The lowest BCUT2D eigenvalue weighted by molar-refractivity contribution is -0.137. The molecule has 8 heteroatoms. The highest BCUT2D eigenvalue weighted by Crippen LogP contribution is 2.29. The molecule has 0 radical (unpaired) electrons. The molecular weight excluding hydrogens is 441 g/mol. The molecule has 34 heavy (non-hydrogen) atoms. The van der Waals surface area contributed by atoms with Crippen LogP contribution >= 0.6 is 0 Å². The van der Waals surface area contributed by atoms with Crippen molar-refractivity contribution in [3.05, 3.63) is 113 Å². The number of hydrogen-bond donors (Lipinski definition) is 1. The number of halogens is 3. The van der Waals surface area contributed by atoms with Gasteiger partial charge in [-0.1, -0.05) is 60.7 Å². The number of amides is 1. The second-order valence-electron chi connectivity index (χ2n) is 7.92. The molecule has 0 atom stereocenters. The van der Waals surface area contributed by atoms with Crippen LogP contribution in [0.25, 0.3) is 5.69 Å². The molecule has 0 saturated heterocycles. The molecule has 1 amide bonds. The van der Waals surface area contributed by atoms with Crippen LogP contribution in [0, 0.1) is 6.92 Å². The van der Waals surface area contributed by atoms with E-state index in [1.54, 1.807) is 4.68 Å². The number of carbonyl (C=O) groups is 1. The number of para-hydroxylation sites is 1. The first-order valence-corrected chi connectivity index (χ1v) is 10.8. The molecule has 0 bridgehead atoms. The fourth-order valence-electron chi connectivity index (χ4n) is 3.62. The van der Waals surface area contributed by atoms with E-state index in [1.165, 1.54) is 12.1 Å². The summed E-state index contributed by atoms with van der Waals surface area (Å²) in [6.07, 6.45) is -3.16. The van der Waals surface area contributed by atoms with Gasteiger partial charge in [0.05, 0.1) is 11.3 Å². The fourth-order valence-corrected chi connectivity index (χ4v) is 3.62. The lowest BCUT2D eigenvalue weighted by atomic mass is 10.1. The van der Waals surface area contributed by atoms with Gasteiger partial charge in [-0.3, -0.25) is 4.79 Å². The third-order valence-corrected chi connectivity index (χ3v) is 5.41. The van der Waals surface area contributed by atoms with Crippen LogP contribution in [-0.2, 0) is 25.6 Å². The van der Waals surface area contributed by atoms with Gasteiger partial charge < -0.3 is 5.32 Å². The Morgan fingerprint density at radius 3 is 2.35 bits per heavy atom. The summed E-state index contributed by atoms with van der Waals surface area (Å²) >= 11 is 0. The number of alkyl halides is 3. The van der Waals surface area contributed by atoms with Gasteiger partial charge in [-0.25, -0.2) is 9.67 Å². The van der Waals surface area contributed by atoms with E-state index < -0.39 is 17.6 Å². The Balaban J connectivity index is 1.55. The first-order valence-electron chi connectivity index (χ1n) is 10.8. The molecule has 1 aromatic heterocycles. The largest absolute Gasteiger partial charge is 0.416 e. The van der Waals surface area contributed by atoms with Crippen molar-refractivity contribution in [1.29, 1.82) is 0 Å². The number of nitrogens with one attached hydrogen (secondary N) is 1. The molecule has 0 fully saturated rings. The molecule has 0 aliphatic heterocycles. The standard InChI is InChI=1S/C26H23F3N4O/c1-18-8-5-6-13-22(18)33-23(15-14-19-9-3-2-4-10-19)31-24(32-33)25(34)30-17-20-11-7-12-21(16-20)26(27,28)29/h2-13,16H,14-15,17H2,1H3,(H,30,34). The molecule has 0 spiro atoms. The lowest BCUT2D eigenvalue weighted by Crippen LogP contribution is -2.24. The van der Waals surface area contributed by atoms with Crippen LogP contribution in [-0.4, -0.2) is 20.7 Å². The van der Waals surface area contributed by atoms with Crippen LogP contribution in [0.2, 0.25) is 0 Å². The Morgan fingerprint density at radius 2 is 1.62 bits per heavy atom. The fraction of sp³-hybridized carbons (Fsp3) is 0.192. The van der Waals surface area contributed by atoms with Crippen molar-refractivity contribution in [2.75, 3.05) is 0 Å². The van der Waals surface area contributed by atoms with Gasteiger partial charge in [0.25, 0.3) is 5.91 Å². The zero-order chi connectivity index (χ0) is 24.1. The Labute approximate surface area is 195 Å². The Bertz CT molecular complexity index is 1280. The molecular formula is C26H23F3N4O. The lowest BCUT2D eigenvalue weighted by Gasteiger charge is -2.09. The maximum atomic E-state index is 13.0. The first-order chi connectivity index (χ1) is 16.3. The zero-order valence-electron chi connectivity index (χ0n) is 18.5. The number of rotatable bonds is 7. The second kappa shape index (κ2) is 9.91. The van der Waals surface area contributed by atoms with Crippen LogP contribution < -0.4 is 5.32 Å². The van der Waals surface area contributed by atoms with Crippen molar-refractivity contribution in [3.8, 4) is 5.69 Å². The Morgan fingerprint density at radius 1 is 0.912 bits per heavy atom. The molecule has 0 unspecified atom stereocenters. The minimum Gasteiger partial charge on any atom is -0.345 e. The molecule has 3 aromatic carbocycles. The third-order valence-electron chi connectivity index (χ3n) is 5.41. The highest BCUT2D eigenvalue weighted by molar-refractivity contribution is 5.90. The van der Waals surface area contributed by atoms with Gasteiger partial charge in [0.2, 0.25) is 5.82 Å². The molecule has 1 N–H and O–H groups in total. The molecule has 0 aliphatic rings. The summed E-state index contributed by atoms with van der Waals surface area (Å²) in [4.78, 5) is 17.3. The van der Waals surface area contributed by atoms with E-state index in [4.69, 9.17) is 0 Å². The predicted octanol–water partition coefficient (Wildman–Crippen LogP) is 5.31. The Kier molecular flexibility index (Phi) is 6.77. The van der Waals surface area contributed by atoms with Crippen LogP contribution in [0.5, 0.6) is 0 Å². The summed E-state index contributed by atoms with van der Waals surface area (Å²) in [6.45, 7) is 1.88. The number of nitrogens with zero attached hydrogens (tertiary/aromatic N) is 3. The van der Waals surface area contributed by atoms with Gasteiger partial charge in [0.15, 0.2) is 0 Å². The van der Waals surface area contributed by atoms with E-state index in [9.17, 15) is 18.0 Å². The molecule has 4 aromatic rings. The Hall–Kier alpha value is -3.94. The van der Waals surface area contributed by atoms with Crippen molar-refractivity contribution >= 4 is 5.91 Å². The molecule has 0 saturated carbocycles. The van der Waals surface area contributed by atoms with Crippen molar-refractivity contribution in [2.45, 2.75) is 32.5 Å². The number of benzene rings is 3. The van der Waals surface area contributed by atoms with Crippen molar-refractivity contribution < 1.29 is 18.0 Å². The quantitative estimate of drug-likeness (QED) is 0.403. The molecule has 174 valence electrons. The van der Waals surface area contributed by atoms with E-state index in [1.807, 2.05) is 61.5 Å². The van der Waals surface area contributed by atoms with Crippen LogP contribution in [0.15, 0.2) is 78.9 Å². The van der Waals surface area contributed by atoms with Gasteiger partial charge >= 0.3 is 6.18 Å². The molecule has 4 rings (SSSR count). The first kappa shape index (κ1) is 23.2. The second-order valence-corrected chi connectivity index (χ2v) is 7.92. The average Bonchev–Trinajstić information content (AvgIpc) is 3.26. The van der Waals surface area contributed by atoms with E-state index in [-0.39, 0.29) is 12.4 Å². The van der Waals surface area contributed by atoms with Gasteiger partial charge in [-0.2, -0.15) is 13.2 Å². The number of aryl methyl sites for hydroxylation is 3. The molecule has 0 aliphatic carbocycles.